The second-order valence-corrected chi connectivity index (χ2v) is 3.89. The first kappa shape index (κ1) is 11.4. The average molecular weight is 237 g/mol. The van der Waals surface area contributed by atoms with Crippen molar-refractivity contribution in [1.29, 1.82) is 0 Å². The predicted octanol–water partition coefficient (Wildman–Crippen LogP) is -0.290. The summed E-state index contributed by atoms with van der Waals surface area (Å²) in [5.41, 5.74) is 6.13. The molecule has 1 amide bonds. The second-order valence-electron chi connectivity index (χ2n) is 3.89. The number of hydrogen-bond donors (Lipinski definition) is 2. The van der Waals surface area contributed by atoms with Crippen LogP contribution in [0.15, 0.2) is 6.33 Å². The van der Waals surface area contributed by atoms with E-state index in [1.807, 2.05) is 0 Å². The normalized spacial score (nSPS) is 19.5. The number of likely N-dealkylation sites (N-methyl/N-ethyl adjacent to an activating group) is 1. The molecule has 1 saturated heterocycles. The smallest absolute Gasteiger partial charge is 0.244 e. The molecule has 0 radical (unpaired) electrons. The monoisotopic (exact) mass is 237 g/mol. The number of carbonyl (C=O) groups excluding carboxylic acids is 1. The van der Waals surface area contributed by atoms with Crippen molar-refractivity contribution in [1.82, 2.24) is 14.9 Å². The molecule has 1 atom stereocenters. The van der Waals surface area contributed by atoms with Crippen LogP contribution in [0.4, 0.5) is 11.5 Å². The Morgan fingerprint density at radius 3 is 2.94 bits per heavy atom. The minimum absolute atomic E-state index is 0.0435. The fourth-order valence-corrected chi connectivity index (χ4v) is 1.78. The minimum atomic E-state index is -0.276. The van der Waals surface area contributed by atoms with Gasteiger partial charge in [-0.1, -0.05) is 0 Å². The highest BCUT2D eigenvalue weighted by Gasteiger charge is 2.29. The molecule has 1 unspecified atom stereocenters. The summed E-state index contributed by atoms with van der Waals surface area (Å²) < 4.78 is 4.99. The number of likely N-dealkylation sites (tertiary alicyclic amines) is 1. The number of amides is 1. The summed E-state index contributed by atoms with van der Waals surface area (Å²) >= 11 is 0. The van der Waals surface area contributed by atoms with Crippen molar-refractivity contribution in [3.63, 3.8) is 0 Å². The summed E-state index contributed by atoms with van der Waals surface area (Å²) in [7, 11) is 3.25. The van der Waals surface area contributed by atoms with Crippen LogP contribution in [0.2, 0.25) is 0 Å². The number of nitrogens with zero attached hydrogens (tertiary/aromatic N) is 3. The van der Waals surface area contributed by atoms with Gasteiger partial charge < -0.3 is 20.7 Å². The van der Waals surface area contributed by atoms with E-state index in [9.17, 15) is 4.79 Å². The maximum absolute atomic E-state index is 11.7. The first-order chi connectivity index (χ1) is 8.13. The van der Waals surface area contributed by atoms with Gasteiger partial charge in [-0.2, -0.15) is 4.98 Å². The first-order valence-corrected chi connectivity index (χ1v) is 5.29. The lowest BCUT2D eigenvalue weighted by Gasteiger charge is -2.14. The van der Waals surface area contributed by atoms with E-state index in [0.29, 0.717) is 17.4 Å². The van der Waals surface area contributed by atoms with Gasteiger partial charge in [0.05, 0.1) is 7.11 Å². The number of carbonyl (C=O) groups is 1. The SMILES string of the molecule is COc1ncnc(NC2CCN(C)C2=O)c1N. The van der Waals surface area contributed by atoms with E-state index >= 15 is 0 Å². The second kappa shape index (κ2) is 4.44. The Labute approximate surface area is 99.0 Å². The zero-order valence-corrected chi connectivity index (χ0v) is 9.80. The Kier molecular flexibility index (Phi) is 2.99. The van der Waals surface area contributed by atoms with Gasteiger partial charge >= 0.3 is 0 Å². The number of methoxy groups -OCH3 is 1. The molecular weight excluding hydrogens is 222 g/mol. The Morgan fingerprint density at radius 1 is 1.59 bits per heavy atom. The molecule has 7 heteroatoms. The van der Waals surface area contributed by atoms with Crippen molar-refractivity contribution in [3.05, 3.63) is 6.33 Å². The number of nitrogens with two attached hydrogens (primary N) is 1. The van der Waals surface area contributed by atoms with Gasteiger partial charge in [0.1, 0.15) is 18.1 Å². The predicted molar refractivity (Wildman–Crippen MR) is 62.7 cm³/mol. The van der Waals surface area contributed by atoms with Crippen molar-refractivity contribution in [2.45, 2.75) is 12.5 Å². The summed E-state index contributed by atoms with van der Waals surface area (Å²) in [5.74, 6) is 0.786. The standard InChI is InChI=1S/C10H15N5O2/c1-15-4-3-6(10(15)16)14-8-7(11)9(17-2)13-5-12-8/h5-6H,3-4,11H2,1-2H3,(H,12,13,14). The van der Waals surface area contributed by atoms with E-state index in [0.717, 1.165) is 13.0 Å². The summed E-state index contributed by atoms with van der Waals surface area (Å²) in [6.45, 7) is 0.735. The maximum atomic E-state index is 11.7. The third-order valence-electron chi connectivity index (χ3n) is 2.78. The van der Waals surface area contributed by atoms with Gasteiger partial charge in [-0.25, -0.2) is 4.98 Å². The maximum Gasteiger partial charge on any atom is 0.244 e. The Hall–Kier alpha value is -2.05. The number of rotatable bonds is 3. The van der Waals surface area contributed by atoms with Crippen LogP contribution in [-0.4, -0.2) is 47.5 Å². The topological polar surface area (TPSA) is 93.4 Å². The highest BCUT2D eigenvalue weighted by molar-refractivity contribution is 5.87. The van der Waals surface area contributed by atoms with E-state index in [-0.39, 0.29) is 11.9 Å². The Bertz CT molecular complexity index is 437. The molecule has 0 bridgehead atoms. The Balaban J connectivity index is 2.17. The van der Waals surface area contributed by atoms with E-state index in [1.54, 1.807) is 11.9 Å². The lowest BCUT2D eigenvalue weighted by Crippen LogP contribution is -2.31. The van der Waals surface area contributed by atoms with Gasteiger partial charge in [0.2, 0.25) is 11.8 Å². The molecule has 2 rings (SSSR count). The van der Waals surface area contributed by atoms with Gasteiger partial charge in [0, 0.05) is 13.6 Å². The zero-order chi connectivity index (χ0) is 12.4. The quantitative estimate of drug-likeness (QED) is 0.750. The van der Waals surface area contributed by atoms with Crippen LogP contribution in [0.5, 0.6) is 5.88 Å². The summed E-state index contributed by atoms with van der Waals surface area (Å²) in [4.78, 5) is 21.3. The van der Waals surface area contributed by atoms with Crippen LogP contribution in [0.3, 0.4) is 0 Å². The molecular formula is C10H15N5O2. The molecule has 0 saturated carbocycles. The molecule has 3 N–H and O–H groups in total. The summed E-state index contributed by atoms with van der Waals surface area (Å²) in [5, 5.41) is 3.02. The molecule has 92 valence electrons. The van der Waals surface area contributed by atoms with E-state index < -0.39 is 0 Å². The molecule has 7 nitrogen and oxygen atoms in total. The van der Waals surface area contributed by atoms with Crippen LogP contribution >= 0.6 is 0 Å². The number of hydrogen-bond acceptors (Lipinski definition) is 6. The fourth-order valence-electron chi connectivity index (χ4n) is 1.78. The molecule has 1 aromatic rings. The molecule has 1 aromatic heterocycles. The van der Waals surface area contributed by atoms with Crippen LogP contribution in [-0.2, 0) is 4.79 Å². The number of nitrogen functional groups attached to an aromatic ring is 1. The molecule has 17 heavy (non-hydrogen) atoms. The van der Waals surface area contributed by atoms with Crippen molar-refractivity contribution < 1.29 is 9.53 Å². The third-order valence-corrected chi connectivity index (χ3v) is 2.78. The molecule has 0 aliphatic carbocycles. The first-order valence-electron chi connectivity index (χ1n) is 5.29. The third kappa shape index (κ3) is 2.08. The number of anilines is 2. The van der Waals surface area contributed by atoms with Gasteiger partial charge in [0.15, 0.2) is 5.82 Å². The van der Waals surface area contributed by atoms with Crippen LogP contribution in [0.25, 0.3) is 0 Å². The minimum Gasteiger partial charge on any atom is -0.479 e. The van der Waals surface area contributed by atoms with Gasteiger partial charge in [-0.05, 0) is 6.42 Å². The van der Waals surface area contributed by atoms with Crippen LogP contribution in [0.1, 0.15) is 6.42 Å². The van der Waals surface area contributed by atoms with E-state index in [4.69, 9.17) is 10.5 Å². The lowest BCUT2D eigenvalue weighted by molar-refractivity contribution is -0.127. The van der Waals surface area contributed by atoms with Gasteiger partial charge in [-0.15, -0.1) is 0 Å². The van der Waals surface area contributed by atoms with Gasteiger partial charge in [-0.3, -0.25) is 4.79 Å². The molecule has 2 heterocycles. The molecule has 1 fully saturated rings. The Morgan fingerprint density at radius 2 is 2.35 bits per heavy atom. The highest BCUT2D eigenvalue weighted by atomic mass is 16.5. The van der Waals surface area contributed by atoms with Crippen molar-refractivity contribution >= 4 is 17.4 Å². The van der Waals surface area contributed by atoms with Crippen molar-refractivity contribution in [2.24, 2.45) is 0 Å². The zero-order valence-electron chi connectivity index (χ0n) is 9.80. The fraction of sp³-hybridized carbons (Fsp3) is 0.500. The van der Waals surface area contributed by atoms with Crippen molar-refractivity contribution in [2.75, 3.05) is 31.8 Å². The van der Waals surface area contributed by atoms with Crippen molar-refractivity contribution in [3.8, 4) is 5.88 Å². The number of nitrogens with one attached hydrogen (secondary N) is 1. The summed E-state index contributed by atoms with van der Waals surface area (Å²) in [6, 6.07) is -0.276. The molecule has 1 aliphatic heterocycles. The van der Waals surface area contributed by atoms with Gasteiger partial charge in [0.25, 0.3) is 0 Å². The average Bonchev–Trinajstić information content (AvgIpc) is 2.64. The molecule has 0 aromatic carbocycles. The summed E-state index contributed by atoms with van der Waals surface area (Å²) in [6.07, 6.45) is 2.09. The number of aromatic nitrogens is 2. The highest BCUT2D eigenvalue weighted by Crippen LogP contribution is 2.26. The van der Waals surface area contributed by atoms with E-state index in [2.05, 4.69) is 15.3 Å². The van der Waals surface area contributed by atoms with Crippen LogP contribution < -0.4 is 15.8 Å². The lowest BCUT2D eigenvalue weighted by atomic mass is 10.2. The largest absolute Gasteiger partial charge is 0.479 e. The van der Waals surface area contributed by atoms with Crippen LogP contribution in [0, 0.1) is 0 Å². The number of ether oxygens (including phenoxy) is 1. The molecule has 0 spiro atoms. The van der Waals surface area contributed by atoms with E-state index in [1.165, 1.54) is 13.4 Å². The molecule has 1 aliphatic rings.